The van der Waals surface area contributed by atoms with Crippen LogP contribution in [0.5, 0.6) is 0 Å². The van der Waals surface area contributed by atoms with Crippen LogP contribution in [-0.2, 0) is 88.7 Å². The fourth-order valence-corrected chi connectivity index (χ4v) is 27.0. The van der Waals surface area contributed by atoms with Crippen LogP contribution in [0, 0.1) is 31.3 Å². The molecule has 3 saturated carbocycles. The van der Waals surface area contributed by atoms with Crippen LogP contribution in [0.4, 0.5) is 28.4 Å². The van der Waals surface area contributed by atoms with Crippen molar-refractivity contribution in [2.24, 2.45) is 0 Å². The molecule has 4 N–H and O–H groups in total. The minimum absolute atomic E-state index is 0. The van der Waals surface area contributed by atoms with E-state index in [1.807, 2.05) is 81.6 Å². The molecule has 5 aliphatic carbocycles. The Morgan fingerprint density at radius 1 is 0.431 bits per heavy atom. The fraction of sp³-hybridized carbons (Fsp3) is 0.341. The average Bonchev–Trinajstić information content (AvgIpc) is 1.62. The Morgan fingerprint density at radius 2 is 0.762 bits per heavy atom. The second-order valence-corrected chi connectivity index (χ2v) is 42.8. The predicted octanol–water partition coefficient (Wildman–Crippen LogP) is 11.4. The van der Waals surface area contributed by atoms with Gasteiger partial charge in [-0.25, -0.2) is 37.2 Å². The molecule has 682 valence electrons. The fourth-order valence-electron chi connectivity index (χ4n) is 17.3. The molecule has 8 aliphatic rings. The molecular weight excluding hydrogens is 2380 g/mol. The van der Waals surface area contributed by atoms with Crippen LogP contribution in [0.1, 0.15) is 101 Å². The summed E-state index contributed by atoms with van der Waals surface area (Å²) in [7, 11) is -11.1. The third kappa shape index (κ3) is 27.6. The van der Waals surface area contributed by atoms with E-state index in [9.17, 15) is 50.3 Å². The van der Waals surface area contributed by atoms with E-state index in [1.54, 1.807) is 115 Å². The zero-order chi connectivity index (χ0) is 89.9. The van der Waals surface area contributed by atoms with Gasteiger partial charge in [-0.05, 0) is 299 Å². The van der Waals surface area contributed by atoms with Gasteiger partial charge in [-0.2, -0.15) is 0 Å². The van der Waals surface area contributed by atoms with Crippen LogP contribution < -0.4 is 124 Å². The van der Waals surface area contributed by atoms with Crippen LogP contribution in [0.15, 0.2) is 222 Å². The zero-order valence-electron chi connectivity index (χ0n) is 72.6. The molecule has 19 rings (SSSR count). The Balaban J connectivity index is 0.000000178. The molecule has 3 aliphatic heterocycles. The summed E-state index contributed by atoms with van der Waals surface area (Å²) in [4.78, 5) is 51.6. The second kappa shape index (κ2) is 51.7. The first-order chi connectivity index (χ1) is 61.2. The summed E-state index contributed by atoms with van der Waals surface area (Å²) in [6.45, 7) is 11.5. The van der Waals surface area contributed by atoms with Gasteiger partial charge in [0.1, 0.15) is 5.78 Å². The number of carbonyl (C=O) groups excluding carboxylic acids is 2. The molecule has 0 bridgehead atoms. The number of rotatable bonds is 16. The van der Waals surface area contributed by atoms with Gasteiger partial charge in [-0.1, -0.05) is 97.1 Å². The molecule has 0 unspecified atom stereocenters. The first-order valence-corrected chi connectivity index (χ1v) is 51.5. The number of halogens is 5. The molecule has 28 nitrogen and oxygen atoms in total. The standard InChI is InChI=1S/C24H28IN3O3S.C19H25IN2O.C14H9IN2O4S.C14H11IN2O2S.C10H17NO2.C9H6INO2.CH2O3.Fe.2K.H/c25-24-17-21-22(26-18-9-11-19(12-10-18)27-13-15-31-16-14-27)7-4-8-23(21)28(24)32(29,30)20-5-2-1-3-6-20;20-15-12-14-2-1-3-19(18(14)13-15)21-16-4-6-17(7-5-16)22-8-10-23-11-9-22;15-14-9-11-12(7-4-8-13(11)17(18)19)16(14)22(20,21)10-5-2-1-3-6-10;15-14-9-11-12(16)7-4-8-13(11)17(14)20(18,19)10-5-2-1-3-6-10;12-10-3-1-9(2-4-10)11-5-7-13-8-6-11;10-7-4-6-2-1-3-9(11(12)13)8(6)5-7;2-1-4-3;;;;/h1-8,17-19,26H,9-16H2;1-3,13,16-17,21H,4-12H2;1-9H;1-9H,16H2;9H,1-8H2;1-3,5H,4H2;1,3H;;;;/q;;;;;;;;2*+1;-1/p-1. The van der Waals surface area contributed by atoms with Crippen molar-refractivity contribution in [3.63, 3.8) is 0 Å². The number of nitrogens with two attached hydrogens (primary N) is 1. The van der Waals surface area contributed by atoms with Gasteiger partial charge < -0.3 is 42.1 Å². The van der Waals surface area contributed by atoms with Crippen LogP contribution in [-0.4, -0.2) is 183 Å². The minimum atomic E-state index is -3.81. The molecule has 0 spiro atoms. The number of benzene rings is 8. The summed E-state index contributed by atoms with van der Waals surface area (Å²) in [5.41, 5.74) is 15.3. The number of morpholine rings is 3. The number of nitro benzene ring substituents is 2. The van der Waals surface area contributed by atoms with Gasteiger partial charge in [-0.3, -0.25) is 44.5 Å². The number of ether oxygens (including phenoxy) is 3. The number of carbonyl (C=O) groups is 2. The molecule has 39 heteroatoms. The largest absolute Gasteiger partial charge is 1.00 e. The molecule has 0 atom stereocenters. The van der Waals surface area contributed by atoms with E-state index in [-0.39, 0.29) is 154 Å². The maximum Gasteiger partial charge on any atom is 1.00 e. The Hall–Kier alpha value is -3.79. The van der Waals surface area contributed by atoms with Gasteiger partial charge in [-0.15, -0.1) is 0 Å². The number of ketones is 1. The number of hydrogen-bond acceptors (Lipinski definition) is 23. The van der Waals surface area contributed by atoms with E-state index in [2.05, 4.69) is 128 Å². The van der Waals surface area contributed by atoms with Gasteiger partial charge in [0.15, 0.2) is 0 Å². The summed E-state index contributed by atoms with van der Waals surface area (Å²) in [6.07, 6.45) is 19.7. The molecule has 6 fully saturated rings. The molecule has 3 saturated heterocycles. The van der Waals surface area contributed by atoms with E-state index in [0.29, 0.717) is 73.6 Å². The number of nitro groups is 2. The Morgan fingerprint density at radius 3 is 1.18 bits per heavy atom. The van der Waals surface area contributed by atoms with Crippen molar-refractivity contribution < 1.29 is 190 Å². The normalized spacial score (nSPS) is 18.7. The van der Waals surface area contributed by atoms with Crippen LogP contribution in [0.3, 0.4) is 0 Å². The summed E-state index contributed by atoms with van der Waals surface area (Å²) >= 11 is 10.7. The average molecular weight is 2480 g/mol. The number of nitrogens with zero attached hydrogens (tertiary/aromatic N) is 8. The maximum absolute atomic E-state index is 13.3. The molecule has 8 aromatic carbocycles. The topological polar surface area (TPSA) is 357 Å². The van der Waals surface area contributed by atoms with Crippen molar-refractivity contribution in [2.45, 2.75) is 135 Å². The molecule has 11 aromatic rings. The molecule has 3 aromatic heterocycles. The van der Waals surface area contributed by atoms with Crippen molar-refractivity contribution in [3.8, 4) is 0 Å². The quantitative estimate of drug-likeness (QED) is 0.0154. The number of nitrogens with one attached hydrogen (secondary N) is 2. The third-order valence-electron chi connectivity index (χ3n) is 23.6. The van der Waals surface area contributed by atoms with Crippen molar-refractivity contribution in [3.05, 3.63) is 261 Å². The summed E-state index contributed by atoms with van der Waals surface area (Å²) < 4.78 is 102. The van der Waals surface area contributed by atoms with Crippen molar-refractivity contribution >= 4 is 229 Å². The minimum Gasteiger partial charge on any atom is -1.00 e. The third-order valence-corrected chi connectivity index (χ3v) is 33.5. The smallest absolute Gasteiger partial charge is 1.00 e. The number of anilines is 3. The van der Waals surface area contributed by atoms with Gasteiger partial charge in [0.25, 0.3) is 47.9 Å². The number of allylic oxidation sites excluding steroid dienone is 2. The number of hydrogen-bond donors (Lipinski definition) is 3. The van der Waals surface area contributed by atoms with Crippen LogP contribution in [0.2, 0.25) is 0 Å². The molecular formula is C91H98FeI5K2N11O17S3. The van der Waals surface area contributed by atoms with Gasteiger partial charge in [0, 0.05) is 158 Å². The van der Waals surface area contributed by atoms with Gasteiger partial charge in [0.2, 0.25) is 0 Å². The molecule has 0 amide bonds. The van der Waals surface area contributed by atoms with E-state index in [1.165, 1.54) is 97.2 Å². The van der Waals surface area contributed by atoms with Gasteiger partial charge in [0.05, 0.1) is 103 Å². The first-order valence-electron chi connectivity index (χ1n) is 41.8. The summed E-state index contributed by atoms with van der Waals surface area (Å²) in [5.74, 6) is 0.449. The number of fused-ring (bicyclic) bond motifs is 5. The monoisotopic (exact) mass is 2480 g/mol. The number of Topliss-reactive ketones (excluding diaryl/α,β-unsaturated/α-hetero) is 1. The molecule has 6 heterocycles. The first kappa shape index (κ1) is 108. The van der Waals surface area contributed by atoms with Crippen molar-refractivity contribution in [1.82, 2.24) is 26.6 Å². The van der Waals surface area contributed by atoms with E-state index < -0.39 is 35.0 Å². The number of nitrogen functional groups attached to an aromatic ring is 1. The zero-order valence-corrected chi connectivity index (χ0v) is 92.2. The van der Waals surface area contributed by atoms with E-state index >= 15 is 0 Å². The Labute approximate surface area is 922 Å². The van der Waals surface area contributed by atoms with E-state index in [4.69, 9.17) is 30.0 Å². The predicted molar refractivity (Wildman–Crippen MR) is 535 cm³/mol. The van der Waals surface area contributed by atoms with Gasteiger partial charge >= 0.3 is 103 Å². The number of aromatic nitrogens is 3. The molecule has 130 heavy (non-hydrogen) atoms. The Bertz CT molecular complexity index is 6140. The van der Waals surface area contributed by atoms with E-state index in [0.717, 1.165) is 171 Å². The van der Waals surface area contributed by atoms with Crippen molar-refractivity contribution in [2.75, 3.05) is 95.3 Å². The second-order valence-electron chi connectivity index (χ2n) is 31.4. The summed E-state index contributed by atoms with van der Waals surface area (Å²) in [6, 6.07) is 60.9. The van der Waals surface area contributed by atoms with Crippen LogP contribution >= 0.6 is 113 Å². The molecule has 0 radical (unpaired) electrons. The van der Waals surface area contributed by atoms with Crippen molar-refractivity contribution in [1.29, 1.82) is 0 Å². The maximum atomic E-state index is 13.3. The van der Waals surface area contributed by atoms with Crippen LogP contribution in [0.25, 0.3) is 44.9 Å². The SMILES string of the molecule is IC1=Cc2c(cccc2NC2CCC(N3CCOCC3)CC2)C1.Nc1cccc2c1cc(I)n2S(=O)(=O)c1ccccc1.O=C1CCC(N2CCOCC2)CC1.O=CO[O-].O=S(=O)(c1ccccc1)n1c(I)cc2c(NC3CCC(N4CCOCC4)CC3)cccc21.O=[N+]([O-])c1cccc2c1C=C(I)C2.O=[N+]([O-])c1cccc2c1cc(I)n2S(=O)(=O)c1ccccc1.[Fe].[H-].[K+].[K+]. The number of non-ortho nitro benzene ring substituents is 1. The summed E-state index contributed by atoms with van der Waals surface area (Å²) in [5, 5.41) is 39.7. The Kier molecular flexibility index (Phi) is 43.1.